The van der Waals surface area contributed by atoms with Gasteiger partial charge in [0.05, 0.1) is 17.3 Å². The number of carbonyl (C=O) groups excluding carboxylic acids is 2. The Balaban J connectivity index is 0.00000208. The molecule has 7 nitrogen and oxygen atoms in total. The van der Waals surface area contributed by atoms with Crippen LogP contribution in [0.15, 0.2) is 76.0 Å². The second kappa shape index (κ2) is 7.96. The van der Waals surface area contributed by atoms with E-state index in [0.717, 1.165) is 5.01 Å². The maximum absolute atomic E-state index is 12.4. The van der Waals surface area contributed by atoms with Crippen LogP contribution in [0.4, 0.5) is 11.4 Å². The van der Waals surface area contributed by atoms with E-state index in [-0.39, 0.29) is 29.6 Å². The van der Waals surface area contributed by atoms with Gasteiger partial charge in [-0.15, -0.1) is 0 Å². The van der Waals surface area contributed by atoms with Crippen LogP contribution >= 0.6 is 0 Å². The predicted octanol–water partition coefficient (Wildman–Crippen LogP) is -1.70. The van der Waals surface area contributed by atoms with Crippen molar-refractivity contribution < 1.29 is 44.3 Å². The molecule has 24 heavy (non-hydrogen) atoms. The number of rotatable bonds is 4. The zero-order chi connectivity index (χ0) is 16.2. The number of hydrazone groups is 1. The first-order valence-corrected chi connectivity index (χ1v) is 6.81. The van der Waals surface area contributed by atoms with Gasteiger partial charge >= 0.3 is 29.6 Å². The summed E-state index contributed by atoms with van der Waals surface area (Å²) in [5.41, 5.74) is 0.503. The molecule has 2 aromatic carbocycles. The summed E-state index contributed by atoms with van der Waals surface area (Å²) in [6, 6.07) is 15.9. The summed E-state index contributed by atoms with van der Waals surface area (Å²) in [5.74, 6) is -2.14. The number of carbonyl (C=O) groups is 2. The molecule has 0 saturated heterocycles. The molecule has 1 amide bonds. The first-order chi connectivity index (χ1) is 11.2. The van der Waals surface area contributed by atoms with E-state index in [9.17, 15) is 14.7 Å². The Morgan fingerprint density at radius 3 is 2.21 bits per heavy atom. The van der Waals surface area contributed by atoms with Gasteiger partial charge in [0.15, 0.2) is 6.04 Å². The minimum absolute atomic E-state index is 0. The van der Waals surface area contributed by atoms with Crippen molar-refractivity contribution >= 4 is 29.0 Å². The van der Waals surface area contributed by atoms with Crippen LogP contribution in [0.3, 0.4) is 0 Å². The van der Waals surface area contributed by atoms with Gasteiger partial charge in [-0.3, -0.25) is 4.79 Å². The third kappa shape index (κ3) is 3.76. The molecule has 1 atom stereocenters. The van der Waals surface area contributed by atoms with Crippen molar-refractivity contribution in [1.82, 2.24) is 0 Å². The monoisotopic (exact) mass is 330 g/mol. The molecular weight excluding hydrogens is 319 g/mol. The standard InChI is InChI=1S/C16H12N4O3.Na/c21-15-13(18-17-11-7-3-1-4-8-11)14(16(22)23)19-20(15)12-9-5-2-6-10-12;/h1-10,13H,(H,22,23);/q;+1/p-1. The summed E-state index contributed by atoms with van der Waals surface area (Å²) in [6.45, 7) is 0. The Labute approximate surface area is 160 Å². The van der Waals surface area contributed by atoms with Gasteiger partial charge in [0.2, 0.25) is 0 Å². The summed E-state index contributed by atoms with van der Waals surface area (Å²) >= 11 is 0. The molecule has 0 N–H and O–H groups in total. The second-order valence-corrected chi connectivity index (χ2v) is 4.71. The average molecular weight is 330 g/mol. The van der Waals surface area contributed by atoms with Crippen LogP contribution in [0.2, 0.25) is 0 Å². The molecule has 0 aliphatic carbocycles. The normalized spacial score (nSPS) is 16.8. The SMILES string of the molecule is O=C([O-])C1=NN(c2ccccc2)C(=O)C1N=Nc1ccccc1.[Na+]. The number of azo groups is 1. The van der Waals surface area contributed by atoms with E-state index in [1.54, 1.807) is 54.6 Å². The molecule has 114 valence electrons. The van der Waals surface area contributed by atoms with Gasteiger partial charge in [-0.05, 0) is 24.3 Å². The fourth-order valence-corrected chi connectivity index (χ4v) is 2.07. The second-order valence-electron chi connectivity index (χ2n) is 4.71. The number of anilines is 1. The number of para-hydroxylation sites is 1. The third-order valence-corrected chi connectivity index (χ3v) is 3.16. The van der Waals surface area contributed by atoms with Crippen molar-refractivity contribution in [1.29, 1.82) is 0 Å². The maximum atomic E-state index is 12.4. The minimum Gasteiger partial charge on any atom is -0.543 e. The zero-order valence-corrected chi connectivity index (χ0v) is 14.9. The van der Waals surface area contributed by atoms with Crippen LogP contribution in [-0.2, 0) is 9.59 Å². The number of aliphatic carboxylic acids is 1. The minimum atomic E-state index is -1.55. The van der Waals surface area contributed by atoms with Crippen molar-refractivity contribution in [2.24, 2.45) is 15.3 Å². The molecule has 3 rings (SSSR count). The van der Waals surface area contributed by atoms with E-state index in [2.05, 4.69) is 15.3 Å². The van der Waals surface area contributed by atoms with Crippen molar-refractivity contribution in [3.8, 4) is 0 Å². The van der Waals surface area contributed by atoms with Crippen LogP contribution in [0.25, 0.3) is 0 Å². The smallest absolute Gasteiger partial charge is 0.543 e. The molecule has 0 saturated carbocycles. The van der Waals surface area contributed by atoms with Gasteiger partial charge in [0, 0.05) is 0 Å². The summed E-state index contributed by atoms with van der Waals surface area (Å²) in [5, 5.41) is 23.8. The Morgan fingerprint density at radius 1 is 1.04 bits per heavy atom. The van der Waals surface area contributed by atoms with Gasteiger partial charge in [0.1, 0.15) is 5.71 Å². The number of amides is 1. The molecule has 1 unspecified atom stereocenters. The number of carboxylic acid groups (broad SMARTS) is 1. The zero-order valence-electron chi connectivity index (χ0n) is 12.9. The van der Waals surface area contributed by atoms with Crippen LogP contribution in [0, 0.1) is 0 Å². The Bertz CT molecular complexity index is 793. The Morgan fingerprint density at radius 2 is 1.62 bits per heavy atom. The van der Waals surface area contributed by atoms with Crippen LogP contribution < -0.4 is 39.7 Å². The van der Waals surface area contributed by atoms with E-state index in [1.807, 2.05) is 6.07 Å². The van der Waals surface area contributed by atoms with Crippen molar-refractivity contribution in [2.45, 2.75) is 6.04 Å². The van der Waals surface area contributed by atoms with Crippen LogP contribution in [0.5, 0.6) is 0 Å². The fourth-order valence-electron chi connectivity index (χ4n) is 2.07. The summed E-state index contributed by atoms with van der Waals surface area (Å²) < 4.78 is 0. The summed E-state index contributed by atoms with van der Waals surface area (Å²) in [6.07, 6.45) is 0. The largest absolute Gasteiger partial charge is 1.00 e. The number of hydrogen-bond acceptors (Lipinski definition) is 6. The van der Waals surface area contributed by atoms with E-state index >= 15 is 0 Å². The molecule has 0 bridgehead atoms. The molecular formula is C16H11N4NaO3. The molecule has 0 aromatic heterocycles. The molecule has 1 aliphatic rings. The van der Waals surface area contributed by atoms with Crippen LogP contribution in [-0.4, -0.2) is 23.6 Å². The van der Waals surface area contributed by atoms with Gasteiger partial charge in [-0.25, -0.2) is 0 Å². The number of carboxylic acids is 1. The summed E-state index contributed by atoms with van der Waals surface area (Å²) in [4.78, 5) is 23.6. The molecule has 2 aromatic rings. The number of hydrogen-bond donors (Lipinski definition) is 0. The van der Waals surface area contributed by atoms with E-state index in [1.165, 1.54) is 0 Å². The molecule has 0 spiro atoms. The number of nitrogens with zero attached hydrogens (tertiary/aromatic N) is 4. The molecule has 0 radical (unpaired) electrons. The van der Waals surface area contributed by atoms with E-state index < -0.39 is 23.6 Å². The molecule has 1 heterocycles. The summed E-state index contributed by atoms with van der Waals surface area (Å²) in [7, 11) is 0. The molecule has 1 aliphatic heterocycles. The first-order valence-electron chi connectivity index (χ1n) is 6.81. The number of benzene rings is 2. The fraction of sp³-hybridized carbons (Fsp3) is 0.0625. The van der Waals surface area contributed by atoms with Gasteiger partial charge in [-0.1, -0.05) is 36.4 Å². The van der Waals surface area contributed by atoms with E-state index in [4.69, 9.17) is 0 Å². The van der Waals surface area contributed by atoms with E-state index in [0.29, 0.717) is 11.4 Å². The third-order valence-electron chi connectivity index (χ3n) is 3.16. The van der Waals surface area contributed by atoms with Gasteiger partial charge < -0.3 is 9.90 Å². The molecule has 8 heteroatoms. The van der Waals surface area contributed by atoms with Gasteiger partial charge in [0.25, 0.3) is 5.91 Å². The Kier molecular flexibility index (Phi) is 5.97. The Hall–Kier alpha value is -2.35. The van der Waals surface area contributed by atoms with Crippen molar-refractivity contribution in [3.05, 3.63) is 60.7 Å². The maximum Gasteiger partial charge on any atom is 1.00 e. The molecule has 0 fully saturated rings. The quantitative estimate of drug-likeness (QED) is 0.493. The predicted molar refractivity (Wildman–Crippen MR) is 81.1 cm³/mol. The van der Waals surface area contributed by atoms with Crippen molar-refractivity contribution in [3.63, 3.8) is 0 Å². The topological polar surface area (TPSA) is 97.5 Å². The first kappa shape index (κ1) is 18.0. The van der Waals surface area contributed by atoms with Gasteiger partial charge in [-0.2, -0.15) is 20.3 Å². The van der Waals surface area contributed by atoms with Crippen molar-refractivity contribution in [2.75, 3.05) is 5.01 Å². The van der Waals surface area contributed by atoms with Crippen LogP contribution in [0.1, 0.15) is 0 Å². The average Bonchev–Trinajstić information content (AvgIpc) is 2.92.